The molecular formula is C20H31N5O3S. The maximum Gasteiger partial charge on any atom is 0.332 e. The topological polar surface area (TPSA) is 98.9 Å². The third-order valence-electron chi connectivity index (χ3n) is 4.80. The summed E-state index contributed by atoms with van der Waals surface area (Å²) in [5.74, 6) is 0.461. The lowest BCUT2D eigenvalue weighted by Gasteiger charge is -2.15. The van der Waals surface area contributed by atoms with E-state index in [2.05, 4.69) is 22.2 Å². The number of hydrogen-bond donors (Lipinski definition) is 1. The second kappa shape index (κ2) is 10.6. The van der Waals surface area contributed by atoms with Crippen molar-refractivity contribution in [3.05, 3.63) is 26.7 Å². The van der Waals surface area contributed by atoms with Crippen molar-refractivity contribution in [3.8, 4) is 0 Å². The molecule has 29 heavy (non-hydrogen) atoms. The number of carbonyl (C=O) groups is 1. The van der Waals surface area contributed by atoms with Crippen molar-refractivity contribution in [2.75, 3.05) is 7.05 Å². The summed E-state index contributed by atoms with van der Waals surface area (Å²) >= 11 is 1.23. The van der Waals surface area contributed by atoms with Crippen LogP contribution < -0.4 is 16.6 Å². The molecule has 0 saturated carbocycles. The lowest BCUT2D eigenvalue weighted by molar-refractivity contribution is -0.119. The second-order valence-corrected chi connectivity index (χ2v) is 8.46. The number of rotatable bonds is 10. The van der Waals surface area contributed by atoms with E-state index in [-0.39, 0.29) is 11.6 Å². The van der Waals surface area contributed by atoms with Crippen LogP contribution in [0.1, 0.15) is 58.7 Å². The van der Waals surface area contributed by atoms with Crippen molar-refractivity contribution in [2.24, 2.45) is 7.05 Å². The summed E-state index contributed by atoms with van der Waals surface area (Å²) in [4.78, 5) is 46.9. The molecule has 0 aliphatic rings. The molecule has 1 amide bonds. The van der Waals surface area contributed by atoms with Crippen LogP contribution in [0, 0.1) is 0 Å². The van der Waals surface area contributed by atoms with E-state index >= 15 is 0 Å². The van der Waals surface area contributed by atoms with E-state index in [9.17, 15) is 14.4 Å². The zero-order chi connectivity index (χ0) is 21.6. The van der Waals surface area contributed by atoms with Crippen LogP contribution in [0.3, 0.4) is 0 Å². The van der Waals surface area contributed by atoms with Gasteiger partial charge in [0.1, 0.15) is 16.2 Å². The van der Waals surface area contributed by atoms with Crippen LogP contribution in [0.2, 0.25) is 0 Å². The number of thioether (sulfide) groups is 1. The van der Waals surface area contributed by atoms with Gasteiger partial charge in [0.25, 0.3) is 5.56 Å². The highest BCUT2D eigenvalue weighted by atomic mass is 32.2. The van der Waals surface area contributed by atoms with Crippen molar-refractivity contribution >= 4 is 28.7 Å². The quantitative estimate of drug-likeness (QED) is 0.359. The summed E-state index contributed by atoms with van der Waals surface area (Å²) in [7, 11) is 3.04. The first kappa shape index (κ1) is 23.1. The van der Waals surface area contributed by atoms with E-state index in [0.717, 1.165) is 36.7 Å². The van der Waals surface area contributed by atoms with Crippen molar-refractivity contribution in [1.29, 1.82) is 0 Å². The van der Waals surface area contributed by atoms with Gasteiger partial charge in [-0.2, -0.15) is 0 Å². The van der Waals surface area contributed by atoms with Gasteiger partial charge in [0.05, 0.1) is 5.25 Å². The first-order valence-corrected chi connectivity index (χ1v) is 11.1. The summed E-state index contributed by atoms with van der Waals surface area (Å²) in [6.07, 6.45) is 5.71. The second-order valence-electron chi connectivity index (χ2n) is 7.13. The molecule has 8 nitrogen and oxygen atoms in total. The van der Waals surface area contributed by atoms with Crippen LogP contribution in [-0.2, 0) is 24.8 Å². The number of unbranched alkanes of at least 4 members (excludes halogenated alkanes) is 3. The monoisotopic (exact) mass is 421 g/mol. The fourth-order valence-corrected chi connectivity index (χ4v) is 4.15. The third kappa shape index (κ3) is 5.26. The van der Waals surface area contributed by atoms with Gasteiger partial charge >= 0.3 is 5.69 Å². The SMILES string of the molecule is CCCCCCc1nc(SC(C)C(=O)NC)c2c(=O)n(C)c(=O)n(CCC)c2n1. The molecule has 0 aliphatic heterocycles. The fraction of sp³-hybridized carbons (Fsp3) is 0.650. The minimum absolute atomic E-state index is 0.148. The standard InChI is InChI=1S/C20H31N5O3S/c1-6-8-9-10-11-14-22-16-15(18(23-14)29-13(3)17(26)21-4)19(27)24(5)20(28)25(16)12-7-2/h13H,6-12H2,1-5H3,(H,21,26). The predicted octanol–water partition coefficient (Wildman–Crippen LogP) is 2.25. The van der Waals surface area contributed by atoms with Crippen molar-refractivity contribution in [2.45, 2.75) is 76.1 Å². The Labute approximate surface area is 175 Å². The lowest BCUT2D eigenvalue weighted by Crippen LogP contribution is -2.39. The molecule has 2 aromatic rings. The summed E-state index contributed by atoms with van der Waals surface area (Å²) in [5, 5.41) is 2.96. The normalized spacial score (nSPS) is 12.3. The molecule has 0 spiro atoms. The summed E-state index contributed by atoms with van der Waals surface area (Å²) in [6.45, 7) is 6.36. The highest BCUT2D eigenvalue weighted by Crippen LogP contribution is 2.27. The highest BCUT2D eigenvalue weighted by molar-refractivity contribution is 8.00. The van der Waals surface area contributed by atoms with E-state index in [1.165, 1.54) is 18.8 Å². The Bertz CT molecular complexity index is 983. The third-order valence-corrected chi connectivity index (χ3v) is 5.89. The first-order valence-electron chi connectivity index (χ1n) is 10.2. The number of carbonyl (C=O) groups excluding carboxylic acids is 1. The molecule has 160 valence electrons. The lowest BCUT2D eigenvalue weighted by atomic mass is 10.1. The number of aryl methyl sites for hydroxylation is 2. The van der Waals surface area contributed by atoms with Gasteiger partial charge in [-0.05, 0) is 19.8 Å². The van der Waals surface area contributed by atoms with Gasteiger partial charge < -0.3 is 5.32 Å². The maximum absolute atomic E-state index is 12.9. The average Bonchev–Trinajstić information content (AvgIpc) is 2.71. The predicted molar refractivity (Wildman–Crippen MR) is 117 cm³/mol. The number of nitrogens with zero attached hydrogens (tertiary/aromatic N) is 4. The maximum atomic E-state index is 12.9. The van der Waals surface area contributed by atoms with Crippen LogP contribution in [0.25, 0.3) is 11.0 Å². The van der Waals surface area contributed by atoms with E-state index in [4.69, 9.17) is 0 Å². The molecular weight excluding hydrogens is 390 g/mol. The molecule has 2 rings (SSSR count). The van der Waals surface area contributed by atoms with Gasteiger partial charge in [-0.25, -0.2) is 14.8 Å². The Balaban J connectivity index is 2.67. The minimum Gasteiger partial charge on any atom is -0.358 e. The molecule has 2 aromatic heterocycles. The van der Waals surface area contributed by atoms with Crippen LogP contribution in [0.4, 0.5) is 0 Å². The molecule has 0 aromatic carbocycles. The number of fused-ring (bicyclic) bond motifs is 1. The van der Waals surface area contributed by atoms with Gasteiger partial charge in [-0.1, -0.05) is 44.9 Å². The zero-order valence-electron chi connectivity index (χ0n) is 17.9. The van der Waals surface area contributed by atoms with Crippen LogP contribution in [-0.4, -0.2) is 37.3 Å². The van der Waals surface area contributed by atoms with E-state index in [1.54, 1.807) is 18.5 Å². The van der Waals surface area contributed by atoms with E-state index in [0.29, 0.717) is 34.8 Å². The molecule has 9 heteroatoms. The Hall–Kier alpha value is -2.16. The first-order chi connectivity index (χ1) is 13.8. The molecule has 1 unspecified atom stereocenters. The van der Waals surface area contributed by atoms with Gasteiger partial charge in [0.15, 0.2) is 5.65 Å². The smallest absolute Gasteiger partial charge is 0.332 e. The number of amides is 1. The average molecular weight is 422 g/mol. The van der Waals surface area contributed by atoms with E-state index in [1.807, 2.05) is 6.92 Å². The molecule has 0 radical (unpaired) electrons. The largest absolute Gasteiger partial charge is 0.358 e. The summed E-state index contributed by atoms with van der Waals surface area (Å²) in [5.41, 5.74) is -0.441. The Morgan fingerprint density at radius 3 is 2.48 bits per heavy atom. The Kier molecular flexibility index (Phi) is 8.43. The van der Waals surface area contributed by atoms with Gasteiger partial charge in [-0.15, -0.1) is 0 Å². The minimum atomic E-state index is -0.429. The molecule has 0 bridgehead atoms. The fourth-order valence-electron chi connectivity index (χ4n) is 3.14. The Morgan fingerprint density at radius 2 is 1.86 bits per heavy atom. The molecule has 1 atom stereocenters. The summed E-state index contributed by atoms with van der Waals surface area (Å²) in [6, 6.07) is 0. The van der Waals surface area contributed by atoms with Crippen molar-refractivity contribution < 1.29 is 4.79 Å². The molecule has 1 N–H and O–H groups in total. The Morgan fingerprint density at radius 1 is 1.14 bits per heavy atom. The number of nitrogens with one attached hydrogen (secondary N) is 1. The van der Waals surface area contributed by atoms with Gasteiger partial charge in [-0.3, -0.25) is 18.7 Å². The highest BCUT2D eigenvalue weighted by Gasteiger charge is 2.22. The van der Waals surface area contributed by atoms with Crippen LogP contribution in [0.5, 0.6) is 0 Å². The van der Waals surface area contributed by atoms with Crippen LogP contribution >= 0.6 is 11.8 Å². The van der Waals surface area contributed by atoms with E-state index < -0.39 is 10.8 Å². The molecule has 0 aliphatic carbocycles. The molecule has 0 fully saturated rings. The zero-order valence-corrected chi connectivity index (χ0v) is 18.8. The van der Waals surface area contributed by atoms with Crippen LogP contribution in [0.15, 0.2) is 14.6 Å². The van der Waals surface area contributed by atoms with Crippen molar-refractivity contribution in [3.63, 3.8) is 0 Å². The van der Waals surface area contributed by atoms with Gasteiger partial charge in [0, 0.05) is 27.1 Å². The summed E-state index contributed by atoms with van der Waals surface area (Å²) < 4.78 is 2.64. The van der Waals surface area contributed by atoms with Crippen molar-refractivity contribution in [1.82, 2.24) is 24.4 Å². The number of aromatic nitrogens is 4. The molecule has 2 heterocycles. The molecule has 0 saturated heterocycles. The number of hydrogen-bond acceptors (Lipinski definition) is 6. The van der Waals surface area contributed by atoms with Gasteiger partial charge in [0.2, 0.25) is 5.91 Å².